The van der Waals surface area contributed by atoms with Gasteiger partial charge in [-0.3, -0.25) is 4.79 Å². The van der Waals surface area contributed by atoms with Gasteiger partial charge in [0.15, 0.2) is 17.3 Å². The Hall–Kier alpha value is -3.35. The molecule has 0 aliphatic carbocycles. The highest BCUT2D eigenvalue weighted by molar-refractivity contribution is 6.04. The van der Waals surface area contributed by atoms with Crippen molar-refractivity contribution in [1.29, 1.82) is 0 Å². The lowest BCUT2D eigenvalue weighted by atomic mass is 9.92. The van der Waals surface area contributed by atoms with Crippen molar-refractivity contribution in [1.82, 2.24) is 14.8 Å². The predicted octanol–water partition coefficient (Wildman–Crippen LogP) is 5.00. The standard InChI is InChI=1S/C24H30N4O3/c1-6-7-14-31-18-12-11-17(15-19(18)30-5)23(29)26-22-16-20(24(2,3)4)27-28(22)21-10-8-9-13-25-21/h8-13,15-16H,6-7,14H2,1-5H3,(H,26,29). The molecule has 31 heavy (non-hydrogen) atoms. The van der Waals surface area contributed by atoms with E-state index < -0.39 is 0 Å². The van der Waals surface area contributed by atoms with Crippen molar-refractivity contribution in [3.8, 4) is 17.3 Å². The van der Waals surface area contributed by atoms with Gasteiger partial charge in [-0.2, -0.15) is 9.78 Å². The minimum atomic E-state index is -0.268. The molecule has 7 nitrogen and oxygen atoms in total. The largest absolute Gasteiger partial charge is 0.493 e. The van der Waals surface area contributed by atoms with Gasteiger partial charge in [-0.1, -0.05) is 40.2 Å². The first kappa shape index (κ1) is 22.3. The smallest absolute Gasteiger partial charge is 0.256 e. The van der Waals surface area contributed by atoms with Crippen molar-refractivity contribution in [2.24, 2.45) is 0 Å². The van der Waals surface area contributed by atoms with E-state index in [1.807, 2.05) is 24.3 Å². The van der Waals surface area contributed by atoms with Crippen molar-refractivity contribution in [2.75, 3.05) is 19.0 Å². The molecule has 2 heterocycles. The molecule has 0 saturated carbocycles. The summed E-state index contributed by atoms with van der Waals surface area (Å²) in [6, 6.07) is 12.6. The zero-order valence-corrected chi connectivity index (χ0v) is 18.8. The summed E-state index contributed by atoms with van der Waals surface area (Å²) in [4.78, 5) is 17.4. The van der Waals surface area contributed by atoms with E-state index in [2.05, 4.69) is 43.1 Å². The summed E-state index contributed by atoms with van der Waals surface area (Å²) in [5.41, 5.74) is 1.14. The number of benzene rings is 1. The van der Waals surface area contributed by atoms with E-state index in [9.17, 15) is 4.79 Å². The molecule has 1 aromatic carbocycles. The van der Waals surface area contributed by atoms with Gasteiger partial charge in [0.05, 0.1) is 19.4 Å². The summed E-state index contributed by atoms with van der Waals surface area (Å²) in [7, 11) is 1.56. The van der Waals surface area contributed by atoms with Gasteiger partial charge in [0.25, 0.3) is 5.91 Å². The Balaban J connectivity index is 1.88. The first-order chi connectivity index (χ1) is 14.8. The van der Waals surface area contributed by atoms with Crippen LogP contribution in [0.25, 0.3) is 5.82 Å². The third-order valence-electron chi connectivity index (χ3n) is 4.77. The second-order valence-corrected chi connectivity index (χ2v) is 8.29. The number of ether oxygens (including phenoxy) is 2. The highest BCUT2D eigenvalue weighted by atomic mass is 16.5. The quantitative estimate of drug-likeness (QED) is 0.517. The molecular weight excluding hydrogens is 392 g/mol. The number of carbonyl (C=O) groups excluding carboxylic acids is 1. The highest BCUT2D eigenvalue weighted by Gasteiger charge is 2.22. The molecule has 7 heteroatoms. The first-order valence-corrected chi connectivity index (χ1v) is 10.5. The van der Waals surface area contributed by atoms with Crippen LogP contribution in [0.5, 0.6) is 11.5 Å². The average molecular weight is 423 g/mol. The summed E-state index contributed by atoms with van der Waals surface area (Å²) in [6.07, 6.45) is 3.70. The number of aromatic nitrogens is 3. The molecule has 0 unspecified atom stereocenters. The van der Waals surface area contributed by atoms with E-state index in [4.69, 9.17) is 9.47 Å². The van der Waals surface area contributed by atoms with Crippen molar-refractivity contribution >= 4 is 11.7 Å². The Morgan fingerprint density at radius 2 is 1.94 bits per heavy atom. The number of nitrogens with zero attached hydrogens (tertiary/aromatic N) is 3. The molecule has 1 amide bonds. The van der Waals surface area contributed by atoms with Gasteiger partial charge in [0.2, 0.25) is 0 Å². The van der Waals surface area contributed by atoms with Gasteiger partial charge in [-0.15, -0.1) is 0 Å². The summed E-state index contributed by atoms with van der Waals surface area (Å²) >= 11 is 0. The van der Waals surface area contributed by atoms with Crippen LogP contribution in [0.3, 0.4) is 0 Å². The van der Waals surface area contributed by atoms with Crippen molar-refractivity contribution < 1.29 is 14.3 Å². The van der Waals surface area contributed by atoms with E-state index in [0.29, 0.717) is 35.3 Å². The van der Waals surface area contributed by atoms with E-state index in [0.717, 1.165) is 18.5 Å². The monoisotopic (exact) mass is 422 g/mol. The molecule has 0 radical (unpaired) electrons. The van der Waals surface area contributed by atoms with Crippen LogP contribution >= 0.6 is 0 Å². The minimum absolute atomic E-state index is 0.180. The summed E-state index contributed by atoms with van der Waals surface area (Å²) in [5.74, 6) is 2.07. The molecule has 0 aliphatic heterocycles. The van der Waals surface area contributed by atoms with Crippen molar-refractivity contribution in [3.05, 3.63) is 59.9 Å². The highest BCUT2D eigenvalue weighted by Crippen LogP contribution is 2.30. The summed E-state index contributed by atoms with van der Waals surface area (Å²) in [5, 5.41) is 7.65. The predicted molar refractivity (Wildman–Crippen MR) is 121 cm³/mol. The Morgan fingerprint density at radius 3 is 2.58 bits per heavy atom. The lowest BCUT2D eigenvalue weighted by Gasteiger charge is -2.13. The Bertz CT molecular complexity index is 1020. The lowest BCUT2D eigenvalue weighted by Crippen LogP contribution is -2.16. The van der Waals surface area contributed by atoms with Gasteiger partial charge in [0, 0.05) is 23.2 Å². The van der Waals surface area contributed by atoms with Gasteiger partial charge >= 0.3 is 0 Å². The number of carbonyl (C=O) groups is 1. The molecule has 3 rings (SSSR count). The topological polar surface area (TPSA) is 78.3 Å². The molecule has 164 valence electrons. The van der Waals surface area contributed by atoms with Crippen LogP contribution in [-0.4, -0.2) is 34.4 Å². The minimum Gasteiger partial charge on any atom is -0.493 e. The number of hydrogen-bond acceptors (Lipinski definition) is 5. The average Bonchev–Trinajstić information content (AvgIpc) is 3.19. The van der Waals surface area contributed by atoms with E-state index in [-0.39, 0.29) is 11.3 Å². The number of methoxy groups -OCH3 is 1. The number of anilines is 1. The fourth-order valence-corrected chi connectivity index (χ4v) is 2.93. The van der Waals surface area contributed by atoms with Crippen LogP contribution in [0.2, 0.25) is 0 Å². The number of hydrogen-bond donors (Lipinski definition) is 1. The maximum Gasteiger partial charge on any atom is 0.256 e. The molecule has 0 spiro atoms. The Kier molecular flexibility index (Phi) is 6.95. The second-order valence-electron chi connectivity index (χ2n) is 8.29. The van der Waals surface area contributed by atoms with Crippen LogP contribution in [-0.2, 0) is 5.41 Å². The van der Waals surface area contributed by atoms with Crippen molar-refractivity contribution in [3.63, 3.8) is 0 Å². The summed E-state index contributed by atoms with van der Waals surface area (Å²) in [6.45, 7) is 8.94. The molecule has 0 saturated heterocycles. The van der Waals surface area contributed by atoms with Gasteiger partial charge < -0.3 is 14.8 Å². The van der Waals surface area contributed by atoms with E-state index >= 15 is 0 Å². The molecule has 3 aromatic rings. The third kappa shape index (κ3) is 5.42. The van der Waals surface area contributed by atoms with Crippen LogP contribution in [0.15, 0.2) is 48.7 Å². The number of unbranched alkanes of at least 4 members (excludes halogenated alkanes) is 1. The van der Waals surface area contributed by atoms with Crippen LogP contribution in [0, 0.1) is 0 Å². The maximum absolute atomic E-state index is 13.0. The SMILES string of the molecule is CCCCOc1ccc(C(=O)Nc2cc(C(C)(C)C)nn2-c2ccccn2)cc1OC. The molecule has 0 bridgehead atoms. The second kappa shape index (κ2) is 9.64. The maximum atomic E-state index is 13.0. The van der Waals surface area contributed by atoms with E-state index in [1.165, 1.54) is 0 Å². The third-order valence-corrected chi connectivity index (χ3v) is 4.77. The van der Waals surface area contributed by atoms with Crippen LogP contribution in [0.1, 0.15) is 56.6 Å². The van der Waals surface area contributed by atoms with Crippen LogP contribution < -0.4 is 14.8 Å². The normalized spacial score (nSPS) is 11.3. The molecular formula is C24H30N4O3. The number of nitrogens with one attached hydrogen (secondary N) is 1. The number of pyridine rings is 1. The van der Waals surface area contributed by atoms with E-state index in [1.54, 1.807) is 36.2 Å². The van der Waals surface area contributed by atoms with Gasteiger partial charge in [-0.05, 0) is 36.8 Å². The molecule has 0 aliphatic rings. The van der Waals surface area contributed by atoms with Crippen LogP contribution in [0.4, 0.5) is 5.82 Å². The lowest BCUT2D eigenvalue weighted by molar-refractivity contribution is 0.102. The molecule has 0 fully saturated rings. The van der Waals surface area contributed by atoms with Gasteiger partial charge in [0.1, 0.15) is 5.82 Å². The van der Waals surface area contributed by atoms with Gasteiger partial charge in [-0.25, -0.2) is 4.98 Å². The van der Waals surface area contributed by atoms with Crippen molar-refractivity contribution in [2.45, 2.75) is 46.0 Å². The molecule has 1 N–H and O–H groups in total. The number of rotatable bonds is 8. The summed E-state index contributed by atoms with van der Waals surface area (Å²) < 4.78 is 12.8. The fraction of sp³-hybridized carbons (Fsp3) is 0.375. The molecule has 2 aromatic heterocycles. The zero-order chi connectivity index (χ0) is 22.4. The zero-order valence-electron chi connectivity index (χ0n) is 18.8. The molecule has 0 atom stereocenters. The number of amides is 1. The Morgan fingerprint density at radius 1 is 1.13 bits per heavy atom. The Labute approximate surface area is 183 Å². The fourth-order valence-electron chi connectivity index (χ4n) is 2.93. The first-order valence-electron chi connectivity index (χ1n) is 10.5.